The minimum absolute atomic E-state index is 0.0633. The van der Waals surface area contributed by atoms with E-state index in [1.165, 1.54) is 0 Å². The summed E-state index contributed by atoms with van der Waals surface area (Å²) in [5, 5.41) is 7.74. The van der Waals surface area contributed by atoms with Crippen LogP contribution in [-0.4, -0.2) is 9.78 Å². The predicted octanol–water partition coefficient (Wildman–Crippen LogP) is 3.15. The van der Waals surface area contributed by atoms with Crippen molar-refractivity contribution in [1.82, 2.24) is 15.2 Å². The molecule has 4 nitrogen and oxygen atoms in total. The van der Waals surface area contributed by atoms with Crippen LogP contribution < -0.4 is 11.3 Å². The van der Waals surface area contributed by atoms with E-state index in [4.69, 9.17) is 29.0 Å². The topological polar surface area (TPSA) is 55.9 Å². The standard InChI is InChI=1S/C12H16Cl2N4S/c1-6-5-19-11(10(6)13)9(16-15)4-8-7(2)17-18(3)12(8)14/h5,9,16H,4,15H2,1-3H3. The maximum Gasteiger partial charge on any atom is 0.130 e. The number of aryl methyl sites for hydroxylation is 3. The van der Waals surface area contributed by atoms with Crippen molar-refractivity contribution in [3.63, 3.8) is 0 Å². The van der Waals surface area contributed by atoms with E-state index < -0.39 is 0 Å². The largest absolute Gasteiger partial charge is 0.271 e. The molecule has 2 aromatic rings. The van der Waals surface area contributed by atoms with Crippen LogP contribution in [0.15, 0.2) is 5.38 Å². The Balaban J connectivity index is 2.32. The molecule has 2 aromatic heterocycles. The van der Waals surface area contributed by atoms with E-state index in [-0.39, 0.29) is 6.04 Å². The molecular formula is C12H16Cl2N4S. The highest BCUT2D eigenvalue weighted by Crippen LogP contribution is 2.35. The van der Waals surface area contributed by atoms with E-state index in [1.54, 1.807) is 16.0 Å². The van der Waals surface area contributed by atoms with Crippen molar-refractivity contribution in [2.24, 2.45) is 12.9 Å². The summed E-state index contributed by atoms with van der Waals surface area (Å²) in [6.07, 6.45) is 0.661. The maximum absolute atomic E-state index is 6.29. The van der Waals surface area contributed by atoms with E-state index in [2.05, 4.69) is 10.5 Å². The summed E-state index contributed by atoms with van der Waals surface area (Å²) in [5.74, 6) is 5.67. The van der Waals surface area contributed by atoms with Crippen LogP contribution in [-0.2, 0) is 13.5 Å². The fourth-order valence-electron chi connectivity index (χ4n) is 2.02. The number of aromatic nitrogens is 2. The molecule has 0 saturated carbocycles. The molecule has 0 saturated heterocycles. The summed E-state index contributed by atoms with van der Waals surface area (Å²) in [7, 11) is 1.83. The number of nitrogens with two attached hydrogens (primary N) is 1. The predicted molar refractivity (Wildman–Crippen MR) is 80.8 cm³/mol. The summed E-state index contributed by atoms with van der Waals surface area (Å²) in [6, 6.07) is -0.0633. The molecule has 0 radical (unpaired) electrons. The Morgan fingerprint density at radius 1 is 1.47 bits per heavy atom. The van der Waals surface area contributed by atoms with Crippen LogP contribution in [0.4, 0.5) is 0 Å². The fourth-order valence-corrected chi connectivity index (χ4v) is 3.66. The first kappa shape index (κ1) is 14.8. The number of nitrogens with zero attached hydrogens (tertiary/aromatic N) is 2. The molecule has 0 aliphatic heterocycles. The van der Waals surface area contributed by atoms with Crippen molar-refractivity contribution in [3.05, 3.63) is 37.3 Å². The molecule has 19 heavy (non-hydrogen) atoms. The normalized spacial score (nSPS) is 12.9. The van der Waals surface area contributed by atoms with Gasteiger partial charge in [0.25, 0.3) is 0 Å². The van der Waals surface area contributed by atoms with Crippen LogP contribution in [0.2, 0.25) is 10.2 Å². The number of hydrogen-bond acceptors (Lipinski definition) is 4. The van der Waals surface area contributed by atoms with Gasteiger partial charge >= 0.3 is 0 Å². The number of hydrazine groups is 1. The molecule has 7 heteroatoms. The second-order valence-corrected chi connectivity index (χ2v) is 6.15. The number of rotatable bonds is 4. The Labute approximate surface area is 126 Å². The van der Waals surface area contributed by atoms with Gasteiger partial charge in [0.2, 0.25) is 0 Å². The average molecular weight is 319 g/mol. The summed E-state index contributed by atoms with van der Waals surface area (Å²) < 4.78 is 1.67. The molecule has 104 valence electrons. The highest BCUT2D eigenvalue weighted by Gasteiger charge is 2.21. The third kappa shape index (κ3) is 2.80. The van der Waals surface area contributed by atoms with Crippen LogP contribution in [0.25, 0.3) is 0 Å². The third-order valence-electron chi connectivity index (χ3n) is 3.12. The second-order valence-electron chi connectivity index (χ2n) is 4.50. The molecule has 0 fully saturated rings. The van der Waals surface area contributed by atoms with Crippen molar-refractivity contribution >= 4 is 34.5 Å². The van der Waals surface area contributed by atoms with Crippen molar-refractivity contribution < 1.29 is 0 Å². The molecule has 2 rings (SSSR count). The number of halogens is 2. The lowest BCUT2D eigenvalue weighted by molar-refractivity contribution is 0.559. The average Bonchev–Trinajstić information content (AvgIpc) is 2.81. The molecular weight excluding hydrogens is 303 g/mol. The molecule has 0 spiro atoms. The smallest absolute Gasteiger partial charge is 0.130 e. The molecule has 3 N–H and O–H groups in total. The fraction of sp³-hybridized carbons (Fsp3) is 0.417. The minimum atomic E-state index is -0.0633. The van der Waals surface area contributed by atoms with E-state index in [9.17, 15) is 0 Å². The molecule has 0 amide bonds. The first-order valence-electron chi connectivity index (χ1n) is 5.83. The third-order valence-corrected chi connectivity index (χ3v) is 5.42. The van der Waals surface area contributed by atoms with Gasteiger partial charge in [0, 0.05) is 17.5 Å². The zero-order chi connectivity index (χ0) is 14.2. The van der Waals surface area contributed by atoms with Crippen molar-refractivity contribution in [1.29, 1.82) is 0 Å². The summed E-state index contributed by atoms with van der Waals surface area (Å²) in [4.78, 5) is 1.03. The van der Waals surface area contributed by atoms with Crippen molar-refractivity contribution in [3.8, 4) is 0 Å². The second kappa shape index (κ2) is 5.81. The van der Waals surface area contributed by atoms with Gasteiger partial charge in [0.15, 0.2) is 0 Å². The summed E-state index contributed by atoms with van der Waals surface area (Å²) in [5.41, 5.74) is 5.79. The summed E-state index contributed by atoms with van der Waals surface area (Å²) >= 11 is 14.1. The van der Waals surface area contributed by atoms with Gasteiger partial charge < -0.3 is 0 Å². The molecule has 2 heterocycles. The molecule has 0 aromatic carbocycles. The van der Waals surface area contributed by atoms with E-state index in [1.807, 2.05) is 26.3 Å². The Morgan fingerprint density at radius 3 is 2.58 bits per heavy atom. The van der Waals surface area contributed by atoms with Gasteiger partial charge in [-0.2, -0.15) is 5.10 Å². The number of nitrogens with one attached hydrogen (secondary N) is 1. The van der Waals surface area contributed by atoms with Crippen molar-refractivity contribution in [2.45, 2.75) is 26.3 Å². The lowest BCUT2D eigenvalue weighted by atomic mass is 10.1. The number of hydrogen-bond donors (Lipinski definition) is 2. The number of thiophene rings is 1. The zero-order valence-corrected chi connectivity index (χ0v) is 13.3. The highest BCUT2D eigenvalue weighted by molar-refractivity contribution is 7.10. The monoisotopic (exact) mass is 318 g/mol. The van der Waals surface area contributed by atoms with Gasteiger partial charge in [-0.05, 0) is 31.2 Å². The van der Waals surface area contributed by atoms with Gasteiger partial charge in [-0.3, -0.25) is 16.0 Å². The highest BCUT2D eigenvalue weighted by atomic mass is 35.5. The van der Waals surface area contributed by atoms with Gasteiger partial charge in [-0.25, -0.2) is 0 Å². The first-order chi connectivity index (χ1) is 8.95. The van der Waals surface area contributed by atoms with Crippen LogP contribution in [0.1, 0.15) is 27.7 Å². The molecule has 1 atom stereocenters. The Bertz CT molecular complexity index is 591. The van der Waals surface area contributed by atoms with Crippen LogP contribution in [0, 0.1) is 13.8 Å². The van der Waals surface area contributed by atoms with Crippen LogP contribution in [0.3, 0.4) is 0 Å². The molecule has 0 aliphatic carbocycles. The Hall–Kier alpha value is -0.590. The Morgan fingerprint density at radius 2 is 2.16 bits per heavy atom. The quantitative estimate of drug-likeness (QED) is 0.672. The lowest BCUT2D eigenvalue weighted by Crippen LogP contribution is -2.29. The van der Waals surface area contributed by atoms with Gasteiger partial charge in [0.1, 0.15) is 5.15 Å². The van der Waals surface area contributed by atoms with Gasteiger partial charge in [-0.15, -0.1) is 11.3 Å². The maximum atomic E-state index is 6.29. The molecule has 0 aliphatic rings. The van der Waals surface area contributed by atoms with E-state index >= 15 is 0 Å². The van der Waals surface area contributed by atoms with E-state index in [0.717, 1.165) is 26.7 Å². The summed E-state index contributed by atoms with van der Waals surface area (Å²) in [6.45, 7) is 3.92. The molecule has 0 bridgehead atoms. The van der Waals surface area contributed by atoms with Crippen LogP contribution >= 0.6 is 34.5 Å². The SMILES string of the molecule is Cc1csc(C(Cc2c(C)nn(C)c2Cl)NN)c1Cl. The zero-order valence-electron chi connectivity index (χ0n) is 11.0. The van der Waals surface area contributed by atoms with Gasteiger partial charge in [-0.1, -0.05) is 23.2 Å². The Kier molecular flexibility index (Phi) is 4.53. The minimum Gasteiger partial charge on any atom is -0.271 e. The van der Waals surface area contributed by atoms with E-state index in [0.29, 0.717) is 11.6 Å². The lowest BCUT2D eigenvalue weighted by Gasteiger charge is -2.15. The molecule has 1 unspecified atom stereocenters. The first-order valence-corrected chi connectivity index (χ1v) is 7.46. The van der Waals surface area contributed by atoms with Crippen LogP contribution in [0.5, 0.6) is 0 Å². The van der Waals surface area contributed by atoms with Crippen molar-refractivity contribution in [2.75, 3.05) is 0 Å². The van der Waals surface area contributed by atoms with Gasteiger partial charge in [0.05, 0.1) is 16.8 Å².